The van der Waals surface area contributed by atoms with Gasteiger partial charge in [-0.05, 0) is 68.5 Å². The van der Waals surface area contributed by atoms with E-state index in [1.165, 1.54) is 31.7 Å². The zero-order valence-electron chi connectivity index (χ0n) is 12.0. The molecule has 2 aliphatic rings. The number of benzene rings is 1. The van der Waals surface area contributed by atoms with E-state index in [0.717, 1.165) is 24.2 Å². The van der Waals surface area contributed by atoms with E-state index in [4.69, 9.17) is 0 Å². The first-order valence-corrected chi connectivity index (χ1v) is 7.77. The van der Waals surface area contributed by atoms with Crippen LogP contribution in [0.1, 0.15) is 37.7 Å². The molecule has 4 atom stereocenters. The van der Waals surface area contributed by atoms with Gasteiger partial charge >= 0.3 is 0 Å². The van der Waals surface area contributed by atoms with E-state index in [-0.39, 0.29) is 6.04 Å². The van der Waals surface area contributed by atoms with Crippen LogP contribution in [0, 0.1) is 29.4 Å². The van der Waals surface area contributed by atoms with Crippen LogP contribution < -0.4 is 5.32 Å². The van der Waals surface area contributed by atoms with Crippen molar-refractivity contribution in [1.82, 2.24) is 5.32 Å². The Bertz CT molecular complexity index is 474. The smallest absolute Gasteiger partial charge is 0.162 e. The van der Waals surface area contributed by atoms with Crippen molar-refractivity contribution >= 4 is 0 Å². The van der Waals surface area contributed by atoms with Gasteiger partial charge in [-0.15, -0.1) is 0 Å². The molecule has 1 aromatic rings. The van der Waals surface area contributed by atoms with Gasteiger partial charge in [0.2, 0.25) is 0 Å². The maximum atomic E-state index is 13.8. The molecule has 0 amide bonds. The van der Waals surface area contributed by atoms with Crippen molar-refractivity contribution in [2.24, 2.45) is 17.8 Å². The summed E-state index contributed by atoms with van der Waals surface area (Å²) in [6, 6.07) is 4.72. The summed E-state index contributed by atoms with van der Waals surface area (Å²) in [5, 5.41) is 3.29. The molecule has 0 aromatic heterocycles. The molecule has 3 rings (SSSR count). The van der Waals surface area contributed by atoms with Crippen LogP contribution in [0.5, 0.6) is 0 Å². The summed E-state index contributed by atoms with van der Waals surface area (Å²) in [5.41, 5.74) is 0.493. The molecule has 0 heterocycles. The number of likely N-dealkylation sites (N-methyl/N-ethyl adjacent to an activating group) is 1. The highest BCUT2D eigenvalue weighted by Gasteiger charge is 2.39. The fourth-order valence-corrected chi connectivity index (χ4v) is 4.31. The van der Waals surface area contributed by atoms with Crippen LogP contribution in [0.2, 0.25) is 0 Å². The molecule has 4 unspecified atom stereocenters. The Morgan fingerprint density at radius 1 is 1.25 bits per heavy atom. The van der Waals surface area contributed by atoms with Gasteiger partial charge in [0, 0.05) is 6.04 Å². The van der Waals surface area contributed by atoms with Crippen LogP contribution in [0.25, 0.3) is 0 Å². The lowest BCUT2D eigenvalue weighted by Gasteiger charge is -2.26. The number of halogens is 2. The number of nitrogens with one attached hydrogen (secondary N) is 1. The molecular formula is C17H23F2N. The molecule has 0 saturated heterocycles. The molecule has 0 aliphatic heterocycles. The van der Waals surface area contributed by atoms with Crippen LogP contribution >= 0.6 is 0 Å². The van der Waals surface area contributed by atoms with Gasteiger partial charge in [0.05, 0.1) is 0 Å². The highest BCUT2D eigenvalue weighted by molar-refractivity contribution is 5.20. The van der Waals surface area contributed by atoms with E-state index >= 15 is 0 Å². The topological polar surface area (TPSA) is 12.0 Å². The van der Waals surface area contributed by atoms with Gasteiger partial charge in [-0.2, -0.15) is 0 Å². The number of fused-ring (bicyclic) bond motifs is 2. The highest BCUT2D eigenvalue weighted by atomic mass is 19.2. The third-order valence-corrected chi connectivity index (χ3v) is 5.38. The Morgan fingerprint density at radius 3 is 2.75 bits per heavy atom. The predicted molar refractivity (Wildman–Crippen MR) is 76.5 cm³/mol. The van der Waals surface area contributed by atoms with E-state index in [2.05, 4.69) is 5.32 Å². The van der Waals surface area contributed by atoms with E-state index in [0.29, 0.717) is 12.0 Å². The molecule has 0 spiro atoms. The number of rotatable bonds is 5. The Balaban J connectivity index is 1.63. The average Bonchev–Trinajstić information content (AvgIpc) is 3.05. The van der Waals surface area contributed by atoms with Gasteiger partial charge in [0.15, 0.2) is 11.6 Å². The predicted octanol–water partition coefficient (Wildman–Crippen LogP) is 3.92. The minimum Gasteiger partial charge on any atom is -0.317 e. The standard InChI is InChI=1S/C17H23F2N/c1-20-15(9-13-3-2-4-16(18)17(13)19)10-14-8-11-5-6-12(14)7-11/h2-4,11-12,14-15,20H,5-10H2,1H3. The normalized spacial score (nSPS) is 29.9. The first-order chi connectivity index (χ1) is 9.67. The summed E-state index contributed by atoms with van der Waals surface area (Å²) in [6.07, 6.45) is 7.19. The van der Waals surface area contributed by atoms with Gasteiger partial charge in [-0.1, -0.05) is 18.6 Å². The molecule has 110 valence electrons. The Morgan fingerprint density at radius 2 is 2.10 bits per heavy atom. The van der Waals surface area contributed by atoms with Crippen molar-refractivity contribution in [3.05, 3.63) is 35.4 Å². The number of hydrogen-bond donors (Lipinski definition) is 1. The second-order valence-corrected chi connectivity index (χ2v) is 6.57. The van der Waals surface area contributed by atoms with Gasteiger partial charge in [-0.3, -0.25) is 0 Å². The second-order valence-electron chi connectivity index (χ2n) is 6.57. The third kappa shape index (κ3) is 2.73. The summed E-state index contributed by atoms with van der Waals surface area (Å²) >= 11 is 0. The van der Waals surface area contributed by atoms with Crippen LogP contribution in [0.4, 0.5) is 8.78 Å². The van der Waals surface area contributed by atoms with Gasteiger partial charge in [-0.25, -0.2) is 8.78 Å². The van der Waals surface area contributed by atoms with Gasteiger partial charge in [0.25, 0.3) is 0 Å². The van der Waals surface area contributed by atoms with Crippen molar-refractivity contribution < 1.29 is 8.78 Å². The molecule has 1 aromatic carbocycles. The second kappa shape index (κ2) is 5.80. The molecule has 2 fully saturated rings. The van der Waals surface area contributed by atoms with Gasteiger partial charge < -0.3 is 5.32 Å². The third-order valence-electron chi connectivity index (χ3n) is 5.38. The zero-order chi connectivity index (χ0) is 14.1. The van der Waals surface area contributed by atoms with E-state index in [1.54, 1.807) is 12.1 Å². The average molecular weight is 279 g/mol. The lowest BCUT2D eigenvalue weighted by molar-refractivity contribution is 0.280. The van der Waals surface area contributed by atoms with Crippen molar-refractivity contribution in [2.45, 2.75) is 44.6 Å². The molecule has 1 N–H and O–H groups in total. The Hall–Kier alpha value is -0.960. The van der Waals surface area contributed by atoms with Crippen molar-refractivity contribution in [2.75, 3.05) is 7.05 Å². The van der Waals surface area contributed by atoms with Crippen LogP contribution in [-0.4, -0.2) is 13.1 Å². The zero-order valence-corrected chi connectivity index (χ0v) is 12.0. The maximum absolute atomic E-state index is 13.8. The van der Waals surface area contributed by atoms with Crippen LogP contribution in [0.15, 0.2) is 18.2 Å². The van der Waals surface area contributed by atoms with E-state index in [9.17, 15) is 8.78 Å². The lowest BCUT2D eigenvalue weighted by atomic mass is 9.83. The fourth-order valence-electron chi connectivity index (χ4n) is 4.31. The molecule has 2 aliphatic carbocycles. The van der Waals surface area contributed by atoms with Gasteiger partial charge in [0.1, 0.15) is 0 Å². The fraction of sp³-hybridized carbons (Fsp3) is 0.647. The lowest BCUT2D eigenvalue weighted by Crippen LogP contribution is -2.32. The summed E-state index contributed by atoms with van der Waals surface area (Å²) in [4.78, 5) is 0. The molecule has 2 saturated carbocycles. The monoisotopic (exact) mass is 279 g/mol. The quantitative estimate of drug-likeness (QED) is 0.861. The first kappa shape index (κ1) is 14.0. The summed E-state index contributed by atoms with van der Waals surface area (Å²) < 4.78 is 27.0. The van der Waals surface area contributed by atoms with Crippen LogP contribution in [-0.2, 0) is 6.42 Å². The highest BCUT2D eigenvalue weighted by Crippen LogP contribution is 2.49. The minimum atomic E-state index is -0.739. The minimum absolute atomic E-state index is 0.246. The largest absolute Gasteiger partial charge is 0.317 e. The molecular weight excluding hydrogens is 256 g/mol. The summed E-state index contributed by atoms with van der Waals surface area (Å²) in [6.45, 7) is 0. The SMILES string of the molecule is CNC(Cc1cccc(F)c1F)CC1CC2CCC1C2. The summed E-state index contributed by atoms with van der Waals surface area (Å²) in [5.74, 6) is 1.18. The first-order valence-electron chi connectivity index (χ1n) is 7.77. The maximum Gasteiger partial charge on any atom is 0.162 e. The van der Waals surface area contributed by atoms with E-state index < -0.39 is 11.6 Å². The van der Waals surface area contributed by atoms with Crippen LogP contribution in [0.3, 0.4) is 0 Å². The summed E-state index contributed by atoms with van der Waals surface area (Å²) in [7, 11) is 1.93. The molecule has 20 heavy (non-hydrogen) atoms. The Labute approximate surface area is 119 Å². The van der Waals surface area contributed by atoms with Crippen molar-refractivity contribution in [3.63, 3.8) is 0 Å². The molecule has 1 nitrogen and oxygen atoms in total. The molecule has 3 heteroatoms. The molecule has 0 radical (unpaired) electrons. The van der Waals surface area contributed by atoms with Crippen molar-refractivity contribution in [3.8, 4) is 0 Å². The molecule has 2 bridgehead atoms. The van der Waals surface area contributed by atoms with E-state index in [1.807, 2.05) is 7.05 Å². The Kier molecular flexibility index (Phi) is 4.06. The van der Waals surface area contributed by atoms with Crippen molar-refractivity contribution in [1.29, 1.82) is 0 Å². The number of hydrogen-bond acceptors (Lipinski definition) is 1.